The molecule has 0 spiro atoms. The molecule has 0 aromatic heterocycles. The van der Waals surface area contributed by atoms with Crippen molar-refractivity contribution in [3.05, 3.63) is 35.9 Å². The normalized spacial score (nSPS) is 11.6. The Hall–Kier alpha value is -2.58. The van der Waals surface area contributed by atoms with Crippen LogP contribution in [0.2, 0.25) is 0 Å². The molecule has 0 radical (unpaired) electrons. The fraction of sp³-hybridized carbons (Fsp3) is 0.375. The van der Waals surface area contributed by atoms with Crippen LogP contribution in [0.3, 0.4) is 0 Å². The number of nitrogens with zero attached hydrogens (tertiary/aromatic N) is 1. The number of ether oxygens (including phenoxy) is 2. The van der Waals surface area contributed by atoms with Gasteiger partial charge in [-0.1, -0.05) is 12.1 Å². The topological polar surface area (TPSA) is 117 Å². The highest BCUT2D eigenvalue weighted by Gasteiger charge is 2.17. The maximum atomic E-state index is 10.0. The molecular weight excluding hydrogens is 318 g/mol. The molecule has 0 bridgehead atoms. The lowest BCUT2D eigenvalue weighted by Crippen LogP contribution is -2.20. The van der Waals surface area contributed by atoms with Crippen LogP contribution in [0.4, 0.5) is 0 Å². The molecule has 0 fully saturated rings. The Labute approximate surface area is 140 Å². The van der Waals surface area contributed by atoms with E-state index in [1.165, 1.54) is 0 Å². The van der Waals surface area contributed by atoms with Crippen LogP contribution < -0.4 is 9.47 Å². The third-order valence-corrected chi connectivity index (χ3v) is 2.70. The number of hydrogen-bond acceptors (Lipinski definition) is 6. The van der Waals surface area contributed by atoms with Crippen molar-refractivity contribution in [3.8, 4) is 11.5 Å². The third kappa shape index (κ3) is 8.16. The van der Waals surface area contributed by atoms with Crippen molar-refractivity contribution in [1.82, 2.24) is 4.90 Å². The van der Waals surface area contributed by atoms with E-state index in [1.807, 2.05) is 37.2 Å². The number of aliphatic hydroxyl groups is 1. The number of carbonyl (C=O) groups is 2. The minimum absolute atomic E-state index is 0.545. The molecule has 24 heavy (non-hydrogen) atoms. The summed E-state index contributed by atoms with van der Waals surface area (Å²) in [4.78, 5) is 21.0. The lowest BCUT2D eigenvalue weighted by molar-refractivity contribution is -0.134. The molecule has 0 aliphatic rings. The highest BCUT2D eigenvalue weighted by atomic mass is 16.5. The van der Waals surface area contributed by atoms with Gasteiger partial charge in [0.25, 0.3) is 0 Å². The number of carboxylic acids is 2. The van der Waals surface area contributed by atoms with Crippen LogP contribution in [0.25, 0.3) is 0 Å². The number of benzene rings is 1. The van der Waals surface area contributed by atoms with Gasteiger partial charge in [0, 0.05) is 24.3 Å². The van der Waals surface area contributed by atoms with Gasteiger partial charge < -0.3 is 29.7 Å². The largest absolute Gasteiger partial charge is 0.493 e. The minimum atomic E-state index is -1.26. The van der Waals surface area contributed by atoms with Crippen molar-refractivity contribution in [2.24, 2.45) is 0 Å². The summed E-state index contributed by atoms with van der Waals surface area (Å²) in [6, 6.07) is 5.50. The Bertz CT molecular complexity index is 554. The van der Waals surface area contributed by atoms with E-state index >= 15 is 0 Å². The van der Waals surface area contributed by atoms with Gasteiger partial charge in [-0.2, -0.15) is 0 Å². The lowest BCUT2D eigenvalue weighted by Gasteiger charge is -2.19. The average Bonchev–Trinajstić information content (AvgIpc) is 2.51. The second-order valence-electron chi connectivity index (χ2n) is 4.87. The van der Waals surface area contributed by atoms with Crippen LogP contribution >= 0.6 is 0 Å². The summed E-state index contributed by atoms with van der Waals surface area (Å²) in [5, 5.41) is 25.7. The van der Waals surface area contributed by atoms with Gasteiger partial charge in [0.05, 0.1) is 20.3 Å². The number of para-hydroxylation sites is 1. The van der Waals surface area contributed by atoms with E-state index in [0.29, 0.717) is 30.2 Å². The molecular formula is C16H23NO7. The highest BCUT2D eigenvalue weighted by Crippen LogP contribution is 2.34. The summed E-state index contributed by atoms with van der Waals surface area (Å²) in [5.74, 6) is -1.28. The van der Waals surface area contributed by atoms with Gasteiger partial charge in [-0.3, -0.25) is 0 Å². The summed E-state index contributed by atoms with van der Waals surface area (Å²) < 4.78 is 10.4. The van der Waals surface area contributed by atoms with E-state index in [0.717, 1.165) is 5.56 Å². The summed E-state index contributed by atoms with van der Waals surface area (Å²) in [5.41, 5.74) is 0.746. The molecule has 0 saturated heterocycles. The van der Waals surface area contributed by atoms with Gasteiger partial charge in [0.1, 0.15) is 0 Å². The van der Waals surface area contributed by atoms with E-state index in [4.69, 9.17) is 19.7 Å². The molecule has 1 atom stereocenters. The smallest absolute Gasteiger partial charge is 0.328 e. The van der Waals surface area contributed by atoms with Crippen LogP contribution in [-0.2, 0) is 9.59 Å². The number of hydrogen-bond donors (Lipinski definition) is 3. The SMILES string of the molecule is COc1cccc(C(O)CN(C)C)c1OC.O=C(O)/C=C\C(=O)O. The summed E-state index contributed by atoms with van der Waals surface area (Å²) >= 11 is 0. The number of likely N-dealkylation sites (N-methyl/N-ethyl adjacent to an activating group) is 1. The molecule has 8 heteroatoms. The predicted octanol–water partition coefficient (Wildman–Crippen LogP) is 1.01. The minimum Gasteiger partial charge on any atom is -0.493 e. The molecule has 0 heterocycles. The van der Waals surface area contributed by atoms with Gasteiger partial charge in [-0.25, -0.2) is 9.59 Å². The van der Waals surface area contributed by atoms with Crippen molar-refractivity contribution in [3.63, 3.8) is 0 Å². The monoisotopic (exact) mass is 341 g/mol. The third-order valence-electron chi connectivity index (χ3n) is 2.70. The Morgan fingerprint density at radius 1 is 1.12 bits per heavy atom. The highest BCUT2D eigenvalue weighted by molar-refractivity contribution is 5.89. The average molecular weight is 341 g/mol. The van der Waals surface area contributed by atoms with Crippen molar-refractivity contribution in [2.45, 2.75) is 6.10 Å². The lowest BCUT2D eigenvalue weighted by atomic mass is 10.1. The first-order valence-electron chi connectivity index (χ1n) is 6.90. The first-order chi connectivity index (χ1) is 11.2. The molecule has 3 N–H and O–H groups in total. The van der Waals surface area contributed by atoms with E-state index in [9.17, 15) is 14.7 Å². The van der Waals surface area contributed by atoms with Crippen LogP contribution in [0.15, 0.2) is 30.4 Å². The van der Waals surface area contributed by atoms with Crippen molar-refractivity contribution in [1.29, 1.82) is 0 Å². The van der Waals surface area contributed by atoms with Gasteiger partial charge in [-0.05, 0) is 20.2 Å². The molecule has 0 saturated carbocycles. The predicted molar refractivity (Wildman–Crippen MR) is 87.5 cm³/mol. The zero-order chi connectivity index (χ0) is 18.7. The number of carboxylic acid groups (broad SMARTS) is 2. The second kappa shape index (κ2) is 11.0. The number of rotatable bonds is 7. The zero-order valence-corrected chi connectivity index (χ0v) is 14.1. The van der Waals surface area contributed by atoms with E-state index in [-0.39, 0.29) is 0 Å². The van der Waals surface area contributed by atoms with E-state index < -0.39 is 18.0 Å². The van der Waals surface area contributed by atoms with Gasteiger partial charge in [0.2, 0.25) is 0 Å². The fourth-order valence-corrected chi connectivity index (χ4v) is 1.76. The molecule has 1 rings (SSSR count). The maximum Gasteiger partial charge on any atom is 0.328 e. The van der Waals surface area contributed by atoms with E-state index in [1.54, 1.807) is 14.2 Å². The molecule has 8 nitrogen and oxygen atoms in total. The molecule has 1 aromatic rings. The molecule has 0 amide bonds. The molecule has 1 unspecified atom stereocenters. The van der Waals surface area contributed by atoms with Crippen LogP contribution in [0.1, 0.15) is 11.7 Å². The van der Waals surface area contributed by atoms with Crippen molar-refractivity contribution < 1.29 is 34.4 Å². The summed E-state index contributed by atoms with van der Waals surface area (Å²) in [6.45, 7) is 0.545. The standard InChI is InChI=1S/C12H19NO3.C4H4O4/c1-13(2)8-10(14)9-6-5-7-11(15-3)12(9)16-4;5-3(6)1-2-4(7)8/h5-7,10,14H,8H2,1-4H3;1-2H,(H,5,6)(H,7,8)/b;2-1-. The van der Waals surface area contributed by atoms with Crippen molar-refractivity contribution in [2.75, 3.05) is 34.9 Å². The van der Waals surface area contributed by atoms with Gasteiger partial charge in [0.15, 0.2) is 11.5 Å². The molecule has 0 aliphatic carbocycles. The Morgan fingerprint density at radius 3 is 2.04 bits per heavy atom. The van der Waals surface area contributed by atoms with Crippen LogP contribution in [0, 0.1) is 0 Å². The first-order valence-corrected chi connectivity index (χ1v) is 6.90. The van der Waals surface area contributed by atoms with Gasteiger partial charge in [-0.15, -0.1) is 0 Å². The van der Waals surface area contributed by atoms with Gasteiger partial charge >= 0.3 is 11.9 Å². The van der Waals surface area contributed by atoms with Crippen molar-refractivity contribution >= 4 is 11.9 Å². The Morgan fingerprint density at radius 2 is 1.67 bits per heavy atom. The Balaban J connectivity index is 0.000000561. The number of aliphatic hydroxyl groups excluding tert-OH is 1. The molecule has 134 valence electrons. The summed E-state index contributed by atoms with van der Waals surface area (Å²) in [6.07, 6.45) is 0.532. The number of aliphatic carboxylic acids is 2. The first kappa shape index (κ1) is 21.4. The Kier molecular flexibility index (Phi) is 9.85. The second-order valence-corrected chi connectivity index (χ2v) is 4.87. The van der Waals surface area contributed by atoms with Crippen LogP contribution in [-0.4, -0.2) is 67.0 Å². The fourth-order valence-electron chi connectivity index (χ4n) is 1.76. The maximum absolute atomic E-state index is 10.0. The van der Waals surface area contributed by atoms with E-state index in [2.05, 4.69) is 0 Å². The quantitative estimate of drug-likeness (QED) is 0.629. The number of methoxy groups -OCH3 is 2. The molecule has 1 aromatic carbocycles. The molecule has 0 aliphatic heterocycles. The van der Waals surface area contributed by atoms with Crippen LogP contribution in [0.5, 0.6) is 11.5 Å². The summed E-state index contributed by atoms with van der Waals surface area (Å²) in [7, 11) is 6.98. The zero-order valence-electron chi connectivity index (χ0n) is 14.1.